The number of nitrogens with zero attached hydrogens (tertiary/aromatic N) is 3. The highest BCUT2D eigenvalue weighted by molar-refractivity contribution is 5.78. The number of hydrogen-bond acceptors (Lipinski definition) is 4. The molecule has 134 valence electrons. The van der Waals surface area contributed by atoms with Crippen LogP contribution < -0.4 is 10.1 Å². The van der Waals surface area contributed by atoms with Gasteiger partial charge in [0.2, 0.25) is 5.91 Å². The van der Waals surface area contributed by atoms with Gasteiger partial charge >= 0.3 is 0 Å². The number of rotatable bonds is 8. The smallest absolute Gasteiger partial charge is 0.226 e. The van der Waals surface area contributed by atoms with Crippen molar-refractivity contribution in [3.8, 4) is 11.4 Å². The summed E-state index contributed by atoms with van der Waals surface area (Å²) in [6.45, 7) is 3.05. The molecule has 1 amide bonds. The predicted octanol–water partition coefficient (Wildman–Crippen LogP) is 2.70. The van der Waals surface area contributed by atoms with Crippen LogP contribution in [0.4, 0.5) is 0 Å². The molecule has 0 spiro atoms. The monoisotopic (exact) mass is 350 g/mol. The fraction of sp³-hybridized carbons (Fsp3) is 0.250. The van der Waals surface area contributed by atoms with E-state index in [-0.39, 0.29) is 12.3 Å². The van der Waals surface area contributed by atoms with Crippen molar-refractivity contribution in [1.82, 2.24) is 20.3 Å². The van der Waals surface area contributed by atoms with E-state index in [0.717, 1.165) is 23.6 Å². The topological polar surface area (TPSA) is 69.0 Å². The molecule has 6 heteroatoms. The second kappa shape index (κ2) is 8.80. The van der Waals surface area contributed by atoms with Crippen LogP contribution in [0.2, 0.25) is 0 Å². The van der Waals surface area contributed by atoms with Crippen molar-refractivity contribution in [3.05, 3.63) is 72.1 Å². The molecule has 3 rings (SSSR count). The van der Waals surface area contributed by atoms with E-state index in [2.05, 4.69) is 15.6 Å². The first kappa shape index (κ1) is 17.7. The Hall–Kier alpha value is -3.15. The maximum absolute atomic E-state index is 12.1. The van der Waals surface area contributed by atoms with E-state index in [1.165, 1.54) is 0 Å². The second-order valence-electron chi connectivity index (χ2n) is 5.91. The van der Waals surface area contributed by atoms with Crippen molar-refractivity contribution in [3.63, 3.8) is 0 Å². The summed E-state index contributed by atoms with van der Waals surface area (Å²) < 4.78 is 7.35. The van der Waals surface area contributed by atoms with Gasteiger partial charge in [0.1, 0.15) is 5.75 Å². The maximum Gasteiger partial charge on any atom is 0.226 e. The Balaban J connectivity index is 1.43. The molecule has 0 bridgehead atoms. The number of carbonyl (C=O) groups excluding carboxylic acids is 1. The van der Waals surface area contributed by atoms with Gasteiger partial charge in [0.25, 0.3) is 0 Å². The molecule has 0 unspecified atom stereocenters. The third-order valence-corrected chi connectivity index (χ3v) is 3.97. The van der Waals surface area contributed by atoms with Crippen LogP contribution in [-0.2, 0) is 11.2 Å². The van der Waals surface area contributed by atoms with E-state index >= 15 is 0 Å². The Morgan fingerprint density at radius 1 is 1.08 bits per heavy atom. The highest BCUT2D eigenvalue weighted by Gasteiger charge is 2.13. The number of aromatic nitrogens is 3. The first-order chi connectivity index (χ1) is 12.7. The molecule has 0 fully saturated rings. The van der Waals surface area contributed by atoms with Gasteiger partial charge in [-0.15, -0.1) is 5.10 Å². The van der Waals surface area contributed by atoms with E-state index in [1.807, 2.05) is 67.6 Å². The van der Waals surface area contributed by atoms with Crippen LogP contribution in [0.5, 0.6) is 5.75 Å². The molecular weight excluding hydrogens is 328 g/mol. The summed E-state index contributed by atoms with van der Waals surface area (Å²) in [6.07, 6.45) is 0.967. The average molecular weight is 350 g/mol. The fourth-order valence-electron chi connectivity index (χ4n) is 2.56. The van der Waals surface area contributed by atoms with Crippen LogP contribution >= 0.6 is 0 Å². The van der Waals surface area contributed by atoms with Crippen LogP contribution in [0.25, 0.3) is 5.69 Å². The normalized spacial score (nSPS) is 10.5. The predicted molar refractivity (Wildman–Crippen MR) is 99.4 cm³/mol. The molecule has 1 N–H and O–H groups in total. The quantitative estimate of drug-likeness (QED) is 0.634. The Labute approximate surface area is 152 Å². The van der Waals surface area contributed by atoms with Crippen LogP contribution in [0.3, 0.4) is 0 Å². The third-order valence-electron chi connectivity index (χ3n) is 3.97. The zero-order valence-electron chi connectivity index (χ0n) is 14.8. The summed E-state index contributed by atoms with van der Waals surface area (Å²) >= 11 is 0. The minimum atomic E-state index is -0.0621. The van der Waals surface area contributed by atoms with Gasteiger partial charge in [-0.2, -0.15) is 0 Å². The first-order valence-electron chi connectivity index (χ1n) is 8.65. The second-order valence-corrected chi connectivity index (χ2v) is 5.91. The van der Waals surface area contributed by atoms with Crippen LogP contribution in [0.1, 0.15) is 17.8 Å². The fourth-order valence-corrected chi connectivity index (χ4v) is 2.56. The van der Waals surface area contributed by atoms with Gasteiger partial charge in [-0.05, 0) is 37.6 Å². The third kappa shape index (κ3) is 4.69. The number of para-hydroxylation sites is 2. The number of nitrogens with one attached hydrogen (secondary N) is 1. The zero-order chi connectivity index (χ0) is 18.2. The molecule has 1 aromatic heterocycles. The number of ether oxygens (including phenoxy) is 1. The molecule has 0 atom stereocenters. The minimum absolute atomic E-state index is 0.0621. The van der Waals surface area contributed by atoms with E-state index in [0.29, 0.717) is 18.8 Å². The Bertz CT molecular complexity index is 832. The van der Waals surface area contributed by atoms with Gasteiger partial charge in [-0.3, -0.25) is 4.79 Å². The standard InChI is InChI=1S/C20H22N4O2/c1-16-19(22-23-24(16)17-9-4-2-5-10-17)15-20(25)21-13-8-14-26-18-11-6-3-7-12-18/h2-7,9-12H,8,13-15H2,1H3,(H,21,25). The van der Waals surface area contributed by atoms with Crippen molar-refractivity contribution in [2.45, 2.75) is 19.8 Å². The molecular formula is C20H22N4O2. The number of carbonyl (C=O) groups is 1. The maximum atomic E-state index is 12.1. The molecule has 1 heterocycles. The number of hydrogen-bond donors (Lipinski definition) is 1. The van der Waals surface area contributed by atoms with Gasteiger partial charge in [-0.1, -0.05) is 41.6 Å². The minimum Gasteiger partial charge on any atom is -0.494 e. The van der Waals surface area contributed by atoms with Crippen molar-refractivity contribution in [2.75, 3.05) is 13.2 Å². The average Bonchev–Trinajstić information content (AvgIpc) is 3.03. The largest absolute Gasteiger partial charge is 0.494 e. The van der Waals surface area contributed by atoms with E-state index in [9.17, 15) is 4.79 Å². The molecule has 0 saturated heterocycles. The lowest BCUT2D eigenvalue weighted by Gasteiger charge is -2.07. The number of benzene rings is 2. The van der Waals surface area contributed by atoms with E-state index in [1.54, 1.807) is 4.68 Å². The first-order valence-corrected chi connectivity index (χ1v) is 8.65. The highest BCUT2D eigenvalue weighted by Crippen LogP contribution is 2.12. The van der Waals surface area contributed by atoms with Crippen LogP contribution in [0, 0.1) is 6.92 Å². The van der Waals surface area contributed by atoms with Crippen LogP contribution in [-0.4, -0.2) is 34.1 Å². The zero-order valence-corrected chi connectivity index (χ0v) is 14.8. The summed E-state index contributed by atoms with van der Waals surface area (Å²) in [4.78, 5) is 12.1. The summed E-state index contributed by atoms with van der Waals surface area (Å²) in [5.41, 5.74) is 2.49. The van der Waals surface area contributed by atoms with Crippen LogP contribution in [0.15, 0.2) is 60.7 Å². The highest BCUT2D eigenvalue weighted by atomic mass is 16.5. The molecule has 0 saturated carbocycles. The summed E-state index contributed by atoms with van der Waals surface area (Å²) in [7, 11) is 0. The summed E-state index contributed by atoms with van der Waals surface area (Å²) in [5.74, 6) is 0.778. The van der Waals surface area contributed by atoms with Gasteiger partial charge in [0.15, 0.2) is 0 Å². The van der Waals surface area contributed by atoms with E-state index < -0.39 is 0 Å². The summed E-state index contributed by atoms with van der Waals surface area (Å²) in [6, 6.07) is 19.4. The Morgan fingerprint density at radius 3 is 2.50 bits per heavy atom. The number of amides is 1. The Kier molecular flexibility index (Phi) is 5.98. The molecule has 6 nitrogen and oxygen atoms in total. The molecule has 0 radical (unpaired) electrons. The lowest BCUT2D eigenvalue weighted by Crippen LogP contribution is -2.27. The van der Waals surface area contributed by atoms with Crippen molar-refractivity contribution < 1.29 is 9.53 Å². The van der Waals surface area contributed by atoms with Gasteiger partial charge < -0.3 is 10.1 Å². The van der Waals surface area contributed by atoms with E-state index in [4.69, 9.17) is 4.74 Å². The SMILES string of the molecule is Cc1c(CC(=O)NCCCOc2ccccc2)nnn1-c1ccccc1. The van der Waals surface area contributed by atoms with Crippen molar-refractivity contribution >= 4 is 5.91 Å². The molecule has 0 aliphatic carbocycles. The molecule has 0 aliphatic rings. The molecule has 26 heavy (non-hydrogen) atoms. The van der Waals surface area contributed by atoms with Gasteiger partial charge in [0.05, 0.1) is 30.1 Å². The lowest BCUT2D eigenvalue weighted by atomic mass is 10.2. The molecule has 3 aromatic rings. The molecule has 0 aliphatic heterocycles. The van der Waals surface area contributed by atoms with Crippen molar-refractivity contribution in [2.24, 2.45) is 0 Å². The van der Waals surface area contributed by atoms with Gasteiger partial charge in [-0.25, -0.2) is 4.68 Å². The van der Waals surface area contributed by atoms with Crippen molar-refractivity contribution in [1.29, 1.82) is 0 Å². The summed E-state index contributed by atoms with van der Waals surface area (Å²) in [5, 5.41) is 11.2. The lowest BCUT2D eigenvalue weighted by molar-refractivity contribution is -0.120. The van der Waals surface area contributed by atoms with Gasteiger partial charge in [0, 0.05) is 6.54 Å². The molecule has 2 aromatic carbocycles. The Morgan fingerprint density at radius 2 is 1.77 bits per heavy atom.